The number of benzene rings is 1. The number of ether oxygens (including phenoxy) is 1. The van der Waals surface area contributed by atoms with Crippen molar-refractivity contribution < 1.29 is 9.53 Å². The van der Waals surface area contributed by atoms with Crippen molar-refractivity contribution in [2.75, 3.05) is 45.9 Å². The van der Waals surface area contributed by atoms with Gasteiger partial charge in [0.2, 0.25) is 5.91 Å². The first kappa shape index (κ1) is 19.9. The van der Waals surface area contributed by atoms with E-state index in [2.05, 4.69) is 15.5 Å². The summed E-state index contributed by atoms with van der Waals surface area (Å²) in [6.45, 7) is 7.22. The van der Waals surface area contributed by atoms with Gasteiger partial charge >= 0.3 is 0 Å². The van der Waals surface area contributed by atoms with E-state index in [1.54, 1.807) is 0 Å². The molecule has 130 valence electrons. The smallest absolute Gasteiger partial charge is 0.222 e. The minimum absolute atomic E-state index is 0. The molecule has 23 heavy (non-hydrogen) atoms. The van der Waals surface area contributed by atoms with Crippen LogP contribution in [0.5, 0.6) is 0 Å². The summed E-state index contributed by atoms with van der Waals surface area (Å²) in [5, 5.41) is 6.30. The molecule has 1 aromatic rings. The van der Waals surface area contributed by atoms with Crippen LogP contribution in [0.3, 0.4) is 0 Å². The average molecular weight is 342 g/mol. The first-order valence-corrected chi connectivity index (χ1v) is 8.16. The van der Waals surface area contributed by atoms with E-state index in [-0.39, 0.29) is 18.3 Å². The van der Waals surface area contributed by atoms with Crippen molar-refractivity contribution in [2.45, 2.75) is 19.4 Å². The third kappa shape index (κ3) is 8.91. The molecule has 1 heterocycles. The molecule has 0 aliphatic carbocycles. The van der Waals surface area contributed by atoms with Crippen LogP contribution < -0.4 is 10.6 Å². The van der Waals surface area contributed by atoms with Gasteiger partial charge in [-0.3, -0.25) is 4.79 Å². The number of carbonyl (C=O) groups is 1. The maximum absolute atomic E-state index is 11.7. The summed E-state index contributed by atoms with van der Waals surface area (Å²) in [4.78, 5) is 14.1. The van der Waals surface area contributed by atoms with E-state index in [1.807, 2.05) is 30.3 Å². The molecule has 1 aromatic carbocycles. The first-order chi connectivity index (χ1) is 10.8. The van der Waals surface area contributed by atoms with E-state index < -0.39 is 0 Å². The summed E-state index contributed by atoms with van der Waals surface area (Å²) in [5.41, 5.74) is 1.14. The van der Waals surface area contributed by atoms with E-state index in [0.717, 1.165) is 51.3 Å². The van der Waals surface area contributed by atoms with E-state index in [1.165, 1.54) is 0 Å². The minimum Gasteiger partial charge on any atom is -0.376 e. The quantitative estimate of drug-likeness (QED) is 0.667. The number of amides is 1. The third-order valence-electron chi connectivity index (χ3n) is 3.77. The lowest BCUT2D eigenvalue weighted by Gasteiger charge is -2.27. The van der Waals surface area contributed by atoms with Gasteiger partial charge in [-0.1, -0.05) is 30.3 Å². The van der Waals surface area contributed by atoms with Gasteiger partial charge in [0.05, 0.1) is 13.2 Å². The molecule has 1 amide bonds. The van der Waals surface area contributed by atoms with E-state index in [9.17, 15) is 4.79 Å². The first-order valence-electron chi connectivity index (χ1n) is 8.16. The molecule has 2 N–H and O–H groups in total. The molecular formula is C17H28ClN3O2. The summed E-state index contributed by atoms with van der Waals surface area (Å²) in [5.74, 6) is 0.0772. The molecule has 0 atom stereocenters. The zero-order valence-electron chi connectivity index (χ0n) is 13.6. The lowest BCUT2D eigenvalue weighted by molar-refractivity contribution is -0.122. The normalized spacial score (nSPS) is 15.0. The highest BCUT2D eigenvalue weighted by molar-refractivity contribution is 5.85. The molecule has 0 radical (unpaired) electrons. The van der Waals surface area contributed by atoms with Crippen LogP contribution in [0, 0.1) is 0 Å². The number of halogens is 1. The highest BCUT2D eigenvalue weighted by Crippen LogP contribution is 2.00. The van der Waals surface area contributed by atoms with Crippen molar-refractivity contribution in [1.82, 2.24) is 15.5 Å². The van der Waals surface area contributed by atoms with Crippen LogP contribution in [0.4, 0.5) is 0 Å². The van der Waals surface area contributed by atoms with Gasteiger partial charge in [0, 0.05) is 39.1 Å². The molecule has 1 aliphatic heterocycles. The van der Waals surface area contributed by atoms with Gasteiger partial charge < -0.3 is 20.3 Å². The van der Waals surface area contributed by atoms with Crippen molar-refractivity contribution in [3.63, 3.8) is 0 Å². The maximum Gasteiger partial charge on any atom is 0.222 e. The third-order valence-corrected chi connectivity index (χ3v) is 3.77. The van der Waals surface area contributed by atoms with Gasteiger partial charge in [0.25, 0.3) is 0 Å². The summed E-state index contributed by atoms with van der Waals surface area (Å²) >= 11 is 0. The second-order valence-corrected chi connectivity index (χ2v) is 5.58. The fourth-order valence-electron chi connectivity index (χ4n) is 2.48. The zero-order chi connectivity index (χ0) is 15.5. The van der Waals surface area contributed by atoms with E-state index in [4.69, 9.17) is 4.74 Å². The fraction of sp³-hybridized carbons (Fsp3) is 0.588. The monoisotopic (exact) mass is 341 g/mol. The molecule has 1 saturated heterocycles. The second kappa shape index (κ2) is 12.3. The Kier molecular flexibility index (Phi) is 10.6. The molecular weight excluding hydrogens is 314 g/mol. The average Bonchev–Trinajstić information content (AvgIpc) is 2.57. The molecule has 6 heteroatoms. The second-order valence-electron chi connectivity index (χ2n) is 5.58. The van der Waals surface area contributed by atoms with Crippen LogP contribution in [0.2, 0.25) is 0 Å². The van der Waals surface area contributed by atoms with E-state index in [0.29, 0.717) is 19.6 Å². The molecule has 5 nitrogen and oxygen atoms in total. The van der Waals surface area contributed by atoms with Crippen molar-refractivity contribution >= 4 is 18.3 Å². The Morgan fingerprint density at radius 2 is 1.96 bits per heavy atom. The summed E-state index contributed by atoms with van der Waals surface area (Å²) < 4.78 is 5.52. The molecule has 1 aliphatic rings. The zero-order valence-corrected chi connectivity index (χ0v) is 14.4. The lowest BCUT2D eigenvalue weighted by Crippen LogP contribution is -2.44. The van der Waals surface area contributed by atoms with Gasteiger partial charge in [0.15, 0.2) is 0 Å². The number of rotatable bonds is 9. The fourth-order valence-corrected chi connectivity index (χ4v) is 2.48. The predicted octanol–water partition coefficient (Wildman–Crippen LogP) is 1.43. The van der Waals surface area contributed by atoms with Gasteiger partial charge in [-0.2, -0.15) is 0 Å². The van der Waals surface area contributed by atoms with Crippen LogP contribution in [-0.2, 0) is 16.1 Å². The van der Waals surface area contributed by atoms with Gasteiger partial charge in [-0.15, -0.1) is 12.4 Å². The molecule has 0 unspecified atom stereocenters. The highest BCUT2D eigenvalue weighted by Gasteiger charge is 2.08. The standard InChI is InChI=1S/C17H27N3O2.ClH/c21-17(7-14-22-15-16-5-2-1-3-6-16)19-8-4-11-20-12-9-18-10-13-20;/h1-3,5-6,18H,4,7-15H2,(H,19,21);1H. The summed E-state index contributed by atoms with van der Waals surface area (Å²) in [6, 6.07) is 10.0. The van der Waals surface area contributed by atoms with Gasteiger partial charge in [0.1, 0.15) is 0 Å². The predicted molar refractivity (Wildman–Crippen MR) is 94.9 cm³/mol. The molecule has 2 rings (SSSR count). The summed E-state index contributed by atoms with van der Waals surface area (Å²) in [7, 11) is 0. The number of nitrogens with one attached hydrogen (secondary N) is 2. The Hall–Kier alpha value is -1.14. The number of hydrogen-bond acceptors (Lipinski definition) is 4. The summed E-state index contributed by atoms with van der Waals surface area (Å²) in [6.07, 6.45) is 1.44. The van der Waals surface area contributed by atoms with Gasteiger partial charge in [-0.25, -0.2) is 0 Å². The van der Waals surface area contributed by atoms with Crippen molar-refractivity contribution in [3.8, 4) is 0 Å². The van der Waals surface area contributed by atoms with Crippen LogP contribution in [-0.4, -0.2) is 56.7 Å². The number of nitrogens with zero attached hydrogens (tertiary/aromatic N) is 1. The molecule has 0 bridgehead atoms. The van der Waals surface area contributed by atoms with Crippen molar-refractivity contribution in [2.24, 2.45) is 0 Å². The molecule has 1 fully saturated rings. The lowest BCUT2D eigenvalue weighted by atomic mass is 10.2. The van der Waals surface area contributed by atoms with Crippen molar-refractivity contribution in [1.29, 1.82) is 0 Å². The molecule has 0 spiro atoms. The number of carbonyl (C=O) groups excluding carboxylic acids is 1. The van der Waals surface area contributed by atoms with E-state index >= 15 is 0 Å². The topological polar surface area (TPSA) is 53.6 Å². The number of hydrogen-bond donors (Lipinski definition) is 2. The SMILES string of the molecule is Cl.O=C(CCOCc1ccccc1)NCCCN1CCNCC1. The Morgan fingerprint density at radius 3 is 2.70 bits per heavy atom. The van der Waals surface area contributed by atoms with Crippen LogP contribution in [0.15, 0.2) is 30.3 Å². The molecule has 0 saturated carbocycles. The van der Waals surface area contributed by atoms with Crippen LogP contribution in [0.1, 0.15) is 18.4 Å². The largest absolute Gasteiger partial charge is 0.376 e. The Bertz CT molecular complexity index is 425. The minimum atomic E-state index is 0. The Balaban J connectivity index is 0.00000264. The van der Waals surface area contributed by atoms with Crippen molar-refractivity contribution in [3.05, 3.63) is 35.9 Å². The molecule has 0 aromatic heterocycles. The maximum atomic E-state index is 11.7. The van der Waals surface area contributed by atoms with Gasteiger partial charge in [-0.05, 0) is 18.5 Å². The highest BCUT2D eigenvalue weighted by atomic mass is 35.5. The Morgan fingerprint density at radius 1 is 1.22 bits per heavy atom. The Labute approximate surface area is 145 Å². The van der Waals surface area contributed by atoms with Crippen LogP contribution in [0.25, 0.3) is 0 Å². The van der Waals surface area contributed by atoms with Crippen LogP contribution >= 0.6 is 12.4 Å². The number of piperazine rings is 1.